The fourth-order valence-electron chi connectivity index (χ4n) is 3.60. The molecule has 0 bridgehead atoms. The summed E-state index contributed by atoms with van der Waals surface area (Å²) in [6.07, 6.45) is 5.81. The van der Waals surface area contributed by atoms with Crippen LogP contribution in [0.25, 0.3) is 12.2 Å². The van der Waals surface area contributed by atoms with Crippen LogP contribution in [0, 0.1) is 0 Å². The van der Waals surface area contributed by atoms with Crippen molar-refractivity contribution in [3.05, 3.63) is 70.8 Å². The highest BCUT2D eigenvalue weighted by molar-refractivity contribution is 5.76. The summed E-state index contributed by atoms with van der Waals surface area (Å²) in [5.41, 5.74) is 5.48. The first-order valence-electron chi connectivity index (χ1n) is 8.10. The van der Waals surface area contributed by atoms with Crippen LogP contribution in [0.5, 0.6) is 0 Å². The number of morpholine rings is 1. The maximum atomic E-state index is 5.97. The van der Waals surface area contributed by atoms with Gasteiger partial charge in [-0.05, 0) is 28.7 Å². The number of benzene rings is 2. The minimum atomic E-state index is 0.290. The van der Waals surface area contributed by atoms with E-state index in [1.165, 1.54) is 22.3 Å². The Labute approximate surface area is 131 Å². The number of hydrogen-bond acceptors (Lipinski definition) is 2. The van der Waals surface area contributed by atoms with Gasteiger partial charge >= 0.3 is 0 Å². The maximum absolute atomic E-state index is 5.97. The normalized spacial score (nSPS) is 21.0. The van der Waals surface area contributed by atoms with Gasteiger partial charge in [0.1, 0.15) is 0 Å². The van der Waals surface area contributed by atoms with Gasteiger partial charge in [0.15, 0.2) is 0 Å². The fraction of sp³-hybridized carbons (Fsp3) is 0.300. The van der Waals surface area contributed by atoms with E-state index in [2.05, 4.69) is 66.0 Å². The van der Waals surface area contributed by atoms with Gasteiger partial charge in [-0.15, -0.1) is 0 Å². The van der Waals surface area contributed by atoms with Crippen LogP contribution in [0.2, 0.25) is 0 Å². The minimum absolute atomic E-state index is 0.290. The first-order chi connectivity index (χ1) is 10.9. The molecule has 0 saturated carbocycles. The van der Waals surface area contributed by atoms with E-state index in [0.29, 0.717) is 5.92 Å². The zero-order valence-corrected chi connectivity index (χ0v) is 12.7. The Balaban J connectivity index is 1.76. The van der Waals surface area contributed by atoms with Crippen LogP contribution in [0.4, 0.5) is 0 Å². The highest BCUT2D eigenvalue weighted by Crippen LogP contribution is 2.37. The monoisotopic (exact) mass is 291 g/mol. The topological polar surface area (TPSA) is 21.3 Å². The third-order valence-corrected chi connectivity index (χ3v) is 4.69. The minimum Gasteiger partial charge on any atom is -0.376 e. The van der Waals surface area contributed by atoms with Gasteiger partial charge in [0.2, 0.25) is 0 Å². The number of rotatable bonds is 2. The SMILES string of the molecule is C1=Cc2ccccc2C(CC2CNCCO2)c2ccccc21. The first-order valence-corrected chi connectivity index (χ1v) is 8.10. The molecule has 1 aliphatic carbocycles. The van der Waals surface area contributed by atoms with E-state index in [1.54, 1.807) is 0 Å². The molecule has 1 heterocycles. The van der Waals surface area contributed by atoms with Gasteiger partial charge in [0.25, 0.3) is 0 Å². The Kier molecular flexibility index (Phi) is 3.79. The van der Waals surface area contributed by atoms with Crippen molar-refractivity contribution in [2.45, 2.75) is 18.4 Å². The summed E-state index contributed by atoms with van der Waals surface area (Å²) >= 11 is 0. The van der Waals surface area contributed by atoms with E-state index in [-0.39, 0.29) is 6.10 Å². The lowest BCUT2D eigenvalue weighted by Crippen LogP contribution is -2.39. The Morgan fingerprint density at radius 1 is 0.909 bits per heavy atom. The van der Waals surface area contributed by atoms with E-state index in [9.17, 15) is 0 Å². The summed E-state index contributed by atoms with van der Waals surface area (Å²) in [5.74, 6) is 0.396. The molecule has 1 aliphatic heterocycles. The first kappa shape index (κ1) is 13.7. The second-order valence-corrected chi connectivity index (χ2v) is 6.08. The number of hydrogen-bond donors (Lipinski definition) is 1. The van der Waals surface area contributed by atoms with Crippen molar-refractivity contribution in [3.63, 3.8) is 0 Å². The zero-order chi connectivity index (χ0) is 14.8. The summed E-state index contributed by atoms with van der Waals surface area (Å²) in [6, 6.07) is 17.5. The molecule has 4 rings (SSSR count). The number of nitrogens with one attached hydrogen (secondary N) is 1. The zero-order valence-electron chi connectivity index (χ0n) is 12.7. The molecular weight excluding hydrogens is 270 g/mol. The van der Waals surface area contributed by atoms with Crippen molar-refractivity contribution in [1.82, 2.24) is 5.32 Å². The van der Waals surface area contributed by atoms with Gasteiger partial charge in [0.05, 0.1) is 12.7 Å². The molecule has 22 heavy (non-hydrogen) atoms. The molecule has 0 spiro atoms. The van der Waals surface area contributed by atoms with Crippen LogP contribution >= 0.6 is 0 Å². The summed E-state index contributed by atoms with van der Waals surface area (Å²) in [7, 11) is 0. The lowest BCUT2D eigenvalue weighted by molar-refractivity contribution is 0.0212. The van der Waals surface area contributed by atoms with Gasteiger partial charge in [-0.3, -0.25) is 0 Å². The van der Waals surface area contributed by atoms with Crippen molar-refractivity contribution >= 4 is 12.2 Å². The van der Waals surface area contributed by atoms with Crippen molar-refractivity contribution in [3.8, 4) is 0 Å². The summed E-state index contributed by atoms with van der Waals surface area (Å²) < 4.78 is 5.97. The van der Waals surface area contributed by atoms with Crippen molar-refractivity contribution in [2.24, 2.45) is 0 Å². The maximum Gasteiger partial charge on any atom is 0.0709 e. The fourth-order valence-corrected chi connectivity index (χ4v) is 3.60. The smallest absolute Gasteiger partial charge is 0.0709 e. The number of fused-ring (bicyclic) bond motifs is 2. The molecule has 1 N–H and O–H groups in total. The molecule has 2 heteroatoms. The molecule has 2 aromatic carbocycles. The highest BCUT2D eigenvalue weighted by Gasteiger charge is 2.25. The van der Waals surface area contributed by atoms with Crippen LogP contribution in [-0.4, -0.2) is 25.8 Å². The van der Waals surface area contributed by atoms with Gasteiger partial charge in [-0.2, -0.15) is 0 Å². The Hall–Kier alpha value is -1.90. The van der Waals surface area contributed by atoms with Gasteiger partial charge in [-0.25, -0.2) is 0 Å². The average Bonchev–Trinajstić information content (AvgIpc) is 2.74. The van der Waals surface area contributed by atoms with Crippen molar-refractivity contribution in [2.75, 3.05) is 19.7 Å². The predicted octanol–water partition coefficient (Wildman–Crippen LogP) is 3.68. The molecule has 1 unspecified atom stereocenters. The van der Waals surface area contributed by atoms with E-state index in [4.69, 9.17) is 4.74 Å². The van der Waals surface area contributed by atoms with E-state index in [0.717, 1.165) is 26.1 Å². The van der Waals surface area contributed by atoms with Crippen LogP contribution in [-0.2, 0) is 4.74 Å². The molecule has 0 amide bonds. The Bertz CT molecular complexity index is 636. The highest BCUT2D eigenvalue weighted by atomic mass is 16.5. The van der Waals surface area contributed by atoms with E-state index in [1.807, 2.05) is 0 Å². The third kappa shape index (κ3) is 2.60. The molecule has 0 aromatic heterocycles. The summed E-state index contributed by atoms with van der Waals surface area (Å²) in [6.45, 7) is 2.74. The molecule has 2 aliphatic rings. The third-order valence-electron chi connectivity index (χ3n) is 4.69. The molecule has 2 nitrogen and oxygen atoms in total. The molecule has 1 fully saturated rings. The molecule has 2 aromatic rings. The molecule has 112 valence electrons. The predicted molar refractivity (Wildman–Crippen MR) is 90.9 cm³/mol. The van der Waals surface area contributed by atoms with Crippen LogP contribution in [0.1, 0.15) is 34.6 Å². The molecular formula is C20H21NO. The van der Waals surface area contributed by atoms with Gasteiger partial charge < -0.3 is 10.1 Å². The van der Waals surface area contributed by atoms with Gasteiger partial charge in [-0.1, -0.05) is 60.7 Å². The van der Waals surface area contributed by atoms with Crippen molar-refractivity contribution < 1.29 is 4.74 Å². The summed E-state index contributed by atoms with van der Waals surface area (Å²) in [5, 5.41) is 3.45. The lowest BCUT2D eigenvalue weighted by Gasteiger charge is -2.29. The second kappa shape index (κ2) is 6.07. The molecule has 0 radical (unpaired) electrons. The van der Waals surface area contributed by atoms with E-state index < -0.39 is 0 Å². The standard InChI is InChI=1S/C20H21NO/c1-3-7-18-15(5-1)9-10-16-6-2-4-8-19(16)20(18)13-17-14-21-11-12-22-17/h1-10,17,20-21H,11-14H2. The summed E-state index contributed by atoms with van der Waals surface area (Å²) in [4.78, 5) is 0. The average molecular weight is 291 g/mol. The van der Waals surface area contributed by atoms with Crippen molar-refractivity contribution in [1.29, 1.82) is 0 Å². The quantitative estimate of drug-likeness (QED) is 0.911. The Morgan fingerprint density at radius 2 is 1.55 bits per heavy atom. The van der Waals surface area contributed by atoms with Crippen LogP contribution < -0.4 is 5.32 Å². The molecule has 1 saturated heterocycles. The van der Waals surface area contributed by atoms with Gasteiger partial charge in [0, 0.05) is 19.0 Å². The Morgan fingerprint density at radius 3 is 2.14 bits per heavy atom. The number of ether oxygens (including phenoxy) is 1. The van der Waals surface area contributed by atoms with Crippen LogP contribution in [0.3, 0.4) is 0 Å². The molecule has 1 atom stereocenters. The van der Waals surface area contributed by atoms with Crippen LogP contribution in [0.15, 0.2) is 48.5 Å². The van der Waals surface area contributed by atoms with E-state index >= 15 is 0 Å². The lowest BCUT2D eigenvalue weighted by atomic mass is 9.83. The largest absolute Gasteiger partial charge is 0.376 e. The second-order valence-electron chi connectivity index (χ2n) is 6.08.